The lowest BCUT2D eigenvalue weighted by Gasteiger charge is -2.50. The molecule has 3 fully saturated rings. The molecule has 3 aliphatic heterocycles. The number of carboxylic acids is 1. The molecule has 3 rings (SSSR count). The molecule has 0 aliphatic carbocycles. The van der Waals surface area contributed by atoms with Gasteiger partial charge in [0.2, 0.25) is 0 Å². The van der Waals surface area contributed by atoms with Crippen molar-refractivity contribution < 1.29 is 134 Å². The highest BCUT2D eigenvalue weighted by molar-refractivity contribution is 5.70. The smallest absolute Gasteiger partial charge is 0.303 e. The Hall–Kier alpha value is -6.07. The van der Waals surface area contributed by atoms with Crippen molar-refractivity contribution in [3.05, 3.63) is 0 Å². The summed E-state index contributed by atoms with van der Waals surface area (Å²) >= 11 is 0. The molecule has 6 unspecified atom stereocenters. The summed E-state index contributed by atoms with van der Waals surface area (Å²) in [6.45, 7) is 7.31. The quantitative estimate of drug-likeness (QED) is 0.0774. The van der Waals surface area contributed by atoms with Crippen molar-refractivity contribution in [1.29, 1.82) is 0 Å². The van der Waals surface area contributed by atoms with Crippen LogP contribution >= 0.6 is 0 Å². The summed E-state index contributed by atoms with van der Waals surface area (Å²) < 4.78 is 91.6. The Bertz CT molecular complexity index is 1900. The predicted octanol–water partition coefficient (Wildman–Crippen LogP) is -0.976. The number of hydrogen-bond acceptors (Lipinski definition) is 27. The molecule has 0 amide bonds. The SMILES string of the molecule is CC(=O)OCC1O[C@@H](OCCCC(=O)O)C(OC(C)=O)[C@@H](OC(C)=O)[C@@H]1O[C@@H]1OC(COC(C)=O)[C@H](O[C@H]2OC(COC(C)=O)[C@H](OC(C)=O)[C@@H](OC(C)=O)C2OC(C)=O)[C@@H](OC(C)=O)C1OC(C)=O. The Morgan fingerprint density at radius 1 is 0.357 bits per heavy atom. The molecule has 1 N–H and O–H groups in total. The normalized spacial score (nSPS) is 30.5. The maximum atomic E-state index is 13.0. The number of aliphatic carboxylic acids is 1. The standard InChI is InChI=1S/C42H58O28/c1-17(43)56-14-27-31(59-20(4)46)34(60-21(5)47)38(64-25(9)51)41(67-27)70-33-29(16-58-19(3)45)68-42(39(65-26(10)52)36(33)62-23(7)49)69-32-28(15-57-18(2)44)66-40(55-13-11-12-30(53)54)37(63-24(8)50)35(32)61-22(6)48/h27-29,31-42H,11-16H2,1-10H3,(H,53,54)/t27?,28?,29?,31-,32+,33-,34+,35-,36+,37?,38?,39?,40+,41+,42-/m0/s1. The fraction of sp³-hybridized carbons (Fsp3) is 0.738. The lowest BCUT2D eigenvalue weighted by molar-refractivity contribution is -0.380. The topological polar surface area (TPSA) is 356 Å². The van der Waals surface area contributed by atoms with E-state index in [1.807, 2.05) is 0 Å². The monoisotopic (exact) mass is 1010 g/mol. The molecule has 0 aromatic rings. The van der Waals surface area contributed by atoms with Crippen LogP contribution in [-0.2, 0) is 129 Å². The highest BCUT2D eigenvalue weighted by atomic mass is 16.8. The third-order valence-electron chi connectivity index (χ3n) is 9.64. The maximum absolute atomic E-state index is 13.0. The predicted molar refractivity (Wildman–Crippen MR) is 217 cm³/mol. The molecule has 3 saturated heterocycles. The zero-order valence-electron chi connectivity index (χ0n) is 39.9. The number of carbonyl (C=O) groups excluding carboxylic acids is 10. The van der Waals surface area contributed by atoms with E-state index in [0.717, 1.165) is 69.2 Å². The summed E-state index contributed by atoms with van der Waals surface area (Å²) in [6.07, 6.45) is -27.4. The van der Waals surface area contributed by atoms with E-state index in [1.54, 1.807) is 0 Å². The Balaban J connectivity index is 2.29. The summed E-state index contributed by atoms with van der Waals surface area (Å²) in [4.78, 5) is 137. The molecule has 15 atom stereocenters. The summed E-state index contributed by atoms with van der Waals surface area (Å²) in [5.74, 6) is -10.9. The summed E-state index contributed by atoms with van der Waals surface area (Å²) in [7, 11) is 0. The molecule has 28 nitrogen and oxygen atoms in total. The molecule has 0 spiro atoms. The molecule has 0 saturated carbocycles. The van der Waals surface area contributed by atoms with Gasteiger partial charge in [0.15, 0.2) is 61.6 Å². The molecule has 28 heteroatoms. The minimum Gasteiger partial charge on any atom is -0.481 e. The number of rotatable bonds is 22. The average Bonchev–Trinajstić information content (AvgIpc) is 3.22. The number of carboxylic acid groups (broad SMARTS) is 1. The minimum atomic E-state index is -2.05. The molecule has 3 aliphatic rings. The molecule has 70 heavy (non-hydrogen) atoms. The van der Waals surface area contributed by atoms with Crippen molar-refractivity contribution >= 4 is 65.7 Å². The van der Waals surface area contributed by atoms with Crippen LogP contribution in [0.15, 0.2) is 0 Å². The first-order valence-electron chi connectivity index (χ1n) is 21.5. The molecule has 394 valence electrons. The Kier molecular flexibility index (Phi) is 22.8. The third kappa shape index (κ3) is 18.4. The highest BCUT2D eigenvalue weighted by Crippen LogP contribution is 2.38. The zero-order chi connectivity index (χ0) is 52.6. The first kappa shape index (κ1) is 58.2. The Morgan fingerprint density at radius 3 is 0.943 bits per heavy atom. The lowest BCUT2D eigenvalue weighted by Crippen LogP contribution is -2.69. The third-order valence-corrected chi connectivity index (χ3v) is 9.64. The summed E-state index contributed by atoms with van der Waals surface area (Å²) in [6, 6.07) is 0. The zero-order valence-corrected chi connectivity index (χ0v) is 39.9. The van der Waals surface area contributed by atoms with Gasteiger partial charge in [-0.15, -0.1) is 0 Å². The van der Waals surface area contributed by atoms with Crippen molar-refractivity contribution in [2.75, 3.05) is 26.4 Å². The van der Waals surface area contributed by atoms with Crippen molar-refractivity contribution in [3.8, 4) is 0 Å². The van der Waals surface area contributed by atoms with Crippen molar-refractivity contribution in [2.24, 2.45) is 0 Å². The van der Waals surface area contributed by atoms with Crippen LogP contribution in [0.2, 0.25) is 0 Å². The average molecular weight is 1010 g/mol. The van der Waals surface area contributed by atoms with E-state index in [-0.39, 0.29) is 19.4 Å². The largest absolute Gasteiger partial charge is 0.481 e. The van der Waals surface area contributed by atoms with Gasteiger partial charge in [0.25, 0.3) is 0 Å². The van der Waals surface area contributed by atoms with Crippen LogP contribution in [0.25, 0.3) is 0 Å². The second kappa shape index (κ2) is 27.4. The van der Waals surface area contributed by atoms with E-state index in [1.165, 1.54) is 0 Å². The number of esters is 10. The fourth-order valence-electron chi connectivity index (χ4n) is 7.31. The van der Waals surface area contributed by atoms with Crippen LogP contribution in [0, 0.1) is 0 Å². The number of hydrogen-bond donors (Lipinski definition) is 1. The second-order valence-corrected chi connectivity index (χ2v) is 15.6. The van der Waals surface area contributed by atoms with Gasteiger partial charge in [-0.1, -0.05) is 0 Å². The van der Waals surface area contributed by atoms with Gasteiger partial charge in [-0.05, 0) is 6.42 Å². The fourth-order valence-corrected chi connectivity index (χ4v) is 7.31. The van der Waals surface area contributed by atoms with Gasteiger partial charge in [-0.2, -0.15) is 0 Å². The molecular formula is C42H58O28. The molecule has 0 radical (unpaired) electrons. The lowest BCUT2D eigenvalue weighted by atomic mass is 9.95. The van der Waals surface area contributed by atoms with E-state index in [9.17, 15) is 52.7 Å². The van der Waals surface area contributed by atoms with Crippen LogP contribution < -0.4 is 0 Å². The Labute approximate surface area is 399 Å². The van der Waals surface area contributed by atoms with E-state index in [4.69, 9.17) is 80.9 Å². The van der Waals surface area contributed by atoms with Crippen LogP contribution in [0.1, 0.15) is 82.1 Å². The Morgan fingerprint density at radius 2 is 0.629 bits per heavy atom. The molecule has 0 aromatic heterocycles. The molecular weight excluding hydrogens is 952 g/mol. The maximum Gasteiger partial charge on any atom is 0.303 e. The number of carbonyl (C=O) groups is 11. The number of ether oxygens (including phenoxy) is 16. The van der Waals surface area contributed by atoms with Gasteiger partial charge < -0.3 is 80.9 Å². The van der Waals surface area contributed by atoms with E-state index < -0.39 is 178 Å². The molecule has 3 heterocycles. The van der Waals surface area contributed by atoms with Crippen LogP contribution in [0.3, 0.4) is 0 Å². The second-order valence-electron chi connectivity index (χ2n) is 15.6. The van der Waals surface area contributed by atoms with Crippen molar-refractivity contribution in [3.63, 3.8) is 0 Å². The van der Waals surface area contributed by atoms with Crippen molar-refractivity contribution in [2.45, 2.75) is 174 Å². The summed E-state index contributed by atoms with van der Waals surface area (Å²) in [5, 5.41) is 9.15. The van der Waals surface area contributed by atoms with E-state index >= 15 is 0 Å². The minimum absolute atomic E-state index is 0.0726. The van der Waals surface area contributed by atoms with Crippen LogP contribution in [-0.4, -0.2) is 189 Å². The van der Waals surface area contributed by atoms with Gasteiger partial charge >= 0.3 is 65.7 Å². The molecule has 0 bridgehead atoms. The van der Waals surface area contributed by atoms with Gasteiger partial charge in [-0.25, -0.2) is 0 Å². The first-order chi connectivity index (χ1) is 32.8. The first-order valence-corrected chi connectivity index (χ1v) is 21.5. The molecule has 0 aromatic carbocycles. The van der Waals surface area contributed by atoms with E-state index in [2.05, 4.69) is 0 Å². The van der Waals surface area contributed by atoms with Crippen LogP contribution in [0.4, 0.5) is 0 Å². The van der Waals surface area contributed by atoms with E-state index in [0.29, 0.717) is 0 Å². The van der Waals surface area contributed by atoms with Gasteiger partial charge in [0.05, 0.1) is 6.61 Å². The van der Waals surface area contributed by atoms with Crippen molar-refractivity contribution in [1.82, 2.24) is 0 Å². The van der Waals surface area contributed by atoms with Gasteiger partial charge in [-0.3, -0.25) is 52.7 Å². The van der Waals surface area contributed by atoms with Crippen LogP contribution in [0.5, 0.6) is 0 Å². The van der Waals surface area contributed by atoms with Gasteiger partial charge in [0, 0.05) is 75.7 Å². The van der Waals surface area contributed by atoms with Gasteiger partial charge in [0.1, 0.15) is 50.3 Å². The highest BCUT2D eigenvalue weighted by Gasteiger charge is 2.60. The summed E-state index contributed by atoms with van der Waals surface area (Å²) in [5.41, 5.74) is 0.